The summed E-state index contributed by atoms with van der Waals surface area (Å²) in [6, 6.07) is 7.09. The van der Waals surface area contributed by atoms with Gasteiger partial charge in [-0.3, -0.25) is 4.90 Å². The van der Waals surface area contributed by atoms with Crippen LogP contribution in [0.3, 0.4) is 0 Å². The Morgan fingerprint density at radius 1 is 1.19 bits per heavy atom. The van der Waals surface area contributed by atoms with Crippen LogP contribution in [0.5, 0.6) is 0 Å². The summed E-state index contributed by atoms with van der Waals surface area (Å²) in [5.41, 5.74) is 4.80. The van der Waals surface area contributed by atoms with E-state index in [1.54, 1.807) is 5.56 Å². The molecule has 0 spiro atoms. The highest BCUT2D eigenvalue weighted by atomic mass is 15.1. The summed E-state index contributed by atoms with van der Waals surface area (Å²) < 4.78 is 0. The van der Waals surface area contributed by atoms with Gasteiger partial charge < -0.3 is 10.2 Å². The molecule has 0 saturated carbocycles. The van der Waals surface area contributed by atoms with Crippen molar-refractivity contribution in [2.24, 2.45) is 0 Å². The van der Waals surface area contributed by atoms with Crippen LogP contribution in [0.2, 0.25) is 0 Å². The SMILES string of the molecule is CNC1(C)CCN(Cc2ccc3c(c2)CCCN3C)CC1. The molecule has 0 amide bonds. The molecule has 3 rings (SSSR count). The highest BCUT2D eigenvalue weighted by Gasteiger charge is 2.28. The zero-order valence-corrected chi connectivity index (χ0v) is 13.8. The molecule has 0 aromatic heterocycles. The summed E-state index contributed by atoms with van der Waals surface area (Å²) >= 11 is 0. The predicted octanol–water partition coefficient (Wildman–Crippen LogP) is 2.64. The molecule has 2 aliphatic heterocycles. The molecule has 0 atom stereocenters. The first-order valence-electron chi connectivity index (χ1n) is 8.34. The van der Waals surface area contributed by atoms with Crippen molar-refractivity contribution in [1.29, 1.82) is 0 Å². The first-order valence-corrected chi connectivity index (χ1v) is 8.34. The van der Waals surface area contributed by atoms with Crippen molar-refractivity contribution in [3.8, 4) is 0 Å². The van der Waals surface area contributed by atoms with Gasteiger partial charge in [-0.05, 0) is 56.8 Å². The Morgan fingerprint density at radius 2 is 1.95 bits per heavy atom. The van der Waals surface area contributed by atoms with Gasteiger partial charge in [-0.15, -0.1) is 0 Å². The van der Waals surface area contributed by atoms with E-state index in [2.05, 4.69) is 54.3 Å². The van der Waals surface area contributed by atoms with E-state index in [9.17, 15) is 0 Å². The zero-order valence-electron chi connectivity index (χ0n) is 13.8. The van der Waals surface area contributed by atoms with Gasteiger partial charge in [0.1, 0.15) is 0 Å². The van der Waals surface area contributed by atoms with E-state index in [4.69, 9.17) is 0 Å². The molecule has 1 aromatic carbocycles. The normalized spacial score (nSPS) is 22.1. The Kier molecular flexibility index (Phi) is 4.23. The Labute approximate surface area is 129 Å². The van der Waals surface area contributed by atoms with Crippen LogP contribution in [0.25, 0.3) is 0 Å². The first kappa shape index (κ1) is 14.9. The van der Waals surface area contributed by atoms with Crippen molar-refractivity contribution in [2.45, 2.75) is 44.7 Å². The van der Waals surface area contributed by atoms with Gasteiger partial charge in [0.05, 0.1) is 0 Å². The maximum absolute atomic E-state index is 3.48. The first-order chi connectivity index (χ1) is 10.1. The highest BCUT2D eigenvalue weighted by molar-refractivity contribution is 5.56. The fraction of sp³-hybridized carbons (Fsp3) is 0.667. The molecule has 0 bridgehead atoms. The lowest BCUT2D eigenvalue weighted by Gasteiger charge is -2.39. The van der Waals surface area contributed by atoms with E-state index >= 15 is 0 Å². The lowest BCUT2D eigenvalue weighted by Crippen LogP contribution is -2.49. The van der Waals surface area contributed by atoms with Crippen molar-refractivity contribution in [1.82, 2.24) is 10.2 Å². The fourth-order valence-electron chi connectivity index (χ4n) is 3.65. The van der Waals surface area contributed by atoms with Crippen molar-refractivity contribution in [2.75, 3.05) is 38.6 Å². The van der Waals surface area contributed by atoms with Crippen LogP contribution in [0.15, 0.2) is 18.2 Å². The van der Waals surface area contributed by atoms with E-state index in [-0.39, 0.29) is 0 Å². The lowest BCUT2D eigenvalue weighted by molar-refractivity contribution is 0.146. The maximum atomic E-state index is 3.48. The summed E-state index contributed by atoms with van der Waals surface area (Å²) in [7, 11) is 4.30. The Bertz CT molecular complexity index is 489. The number of likely N-dealkylation sites (tertiary alicyclic amines) is 1. The molecule has 1 N–H and O–H groups in total. The average molecular weight is 287 g/mol. The van der Waals surface area contributed by atoms with Gasteiger partial charge >= 0.3 is 0 Å². The molecular weight excluding hydrogens is 258 g/mol. The van der Waals surface area contributed by atoms with Gasteiger partial charge in [0, 0.05) is 44.5 Å². The number of aryl methyl sites for hydroxylation is 1. The van der Waals surface area contributed by atoms with E-state index in [1.165, 1.54) is 56.6 Å². The van der Waals surface area contributed by atoms with E-state index in [0.717, 1.165) is 6.54 Å². The number of hydrogen-bond donors (Lipinski definition) is 1. The molecule has 0 radical (unpaired) electrons. The molecule has 0 aliphatic carbocycles. The molecule has 1 aromatic rings. The molecule has 21 heavy (non-hydrogen) atoms. The second kappa shape index (κ2) is 5.98. The molecule has 0 unspecified atom stereocenters. The minimum absolute atomic E-state index is 0.342. The minimum atomic E-state index is 0.342. The van der Waals surface area contributed by atoms with Crippen molar-refractivity contribution in [3.05, 3.63) is 29.3 Å². The van der Waals surface area contributed by atoms with E-state index in [0.29, 0.717) is 5.54 Å². The van der Waals surface area contributed by atoms with E-state index in [1.807, 2.05) is 0 Å². The topological polar surface area (TPSA) is 18.5 Å². The van der Waals surface area contributed by atoms with Crippen LogP contribution in [0.4, 0.5) is 5.69 Å². The third kappa shape index (κ3) is 3.24. The zero-order chi connectivity index (χ0) is 14.9. The van der Waals surface area contributed by atoms with Gasteiger partial charge in [-0.25, -0.2) is 0 Å². The molecule has 2 heterocycles. The third-order valence-electron chi connectivity index (χ3n) is 5.46. The predicted molar refractivity (Wildman–Crippen MR) is 90.0 cm³/mol. The third-order valence-corrected chi connectivity index (χ3v) is 5.46. The lowest BCUT2D eigenvalue weighted by atomic mass is 9.89. The molecule has 116 valence electrons. The Morgan fingerprint density at radius 3 is 2.67 bits per heavy atom. The molecule has 3 nitrogen and oxygen atoms in total. The Hall–Kier alpha value is -1.06. The molecular formula is C18H29N3. The van der Waals surface area contributed by atoms with Crippen LogP contribution in [0.1, 0.15) is 37.3 Å². The number of benzene rings is 1. The van der Waals surface area contributed by atoms with Gasteiger partial charge in [0.15, 0.2) is 0 Å². The summed E-state index contributed by atoms with van der Waals surface area (Å²) in [5, 5.41) is 3.48. The molecule has 2 aliphatic rings. The van der Waals surface area contributed by atoms with Gasteiger partial charge in [-0.1, -0.05) is 12.1 Å². The second-order valence-corrected chi connectivity index (χ2v) is 7.07. The van der Waals surface area contributed by atoms with Gasteiger partial charge in [0.25, 0.3) is 0 Å². The van der Waals surface area contributed by atoms with Crippen LogP contribution in [-0.4, -0.2) is 44.2 Å². The second-order valence-electron chi connectivity index (χ2n) is 7.07. The number of piperidine rings is 1. The molecule has 3 heteroatoms. The van der Waals surface area contributed by atoms with E-state index < -0.39 is 0 Å². The van der Waals surface area contributed by atoms with Gasteiger partial charge in [0.2, 0.25) is 0 Å². The summed E-state index contributed by atoms with van der Waals surface area (Å²) in [6.45, 7) is 7.06. The number of fused-ring (bicyclic) bond motifs is 1. The standard InChI is InChI=1S/C18H29N3/c1-18(19-2)8-11-21(12-9-18)14-15-6-7-17-16(13-15)5-4-10-20(17)3/h6-7,13,19H,4-5,8-12,14H2,1-3H3. The quantitative estimate of drug-likeness (QED) is 0.922. The van der Waals surface area contributed by atoms with Gasteiger partial charge in [-0.2, -0.15) is 0 Å². The van der Waals surface area contributed by atoms with Crippen molar-refractivity contribution >= 4 is 5.69 Å². The maximum Gasteiger partial charge on any atom is 0.0396 e. The highest BCUT2D eigenvalue weighted by Crippen LogP contribution is 2.28. The Balaban J connectivity index is 1.64. The van der Waals surface area contributed by atoms with Crippen molar-refractivity contribution in [3.63, 3.8) is 0 Å². The summed E-state index contributed by atoms with van der Waals surface area (Å²) in [4.78, 5) is 5.00. The largest absolute Gasteiger partial charge is 0.374 e. The van der Waals surface area contributed by atoms with Crippen molar-refractivity contribution < 1.29 is 0 Å². The average Bonchev–Trinajstić information content (AvgIpc) is 2.50. The summed E-state index contributed by atoms with van der Waals surface area (Å²) in [5.74, 6) is 0. The number of nitrogens with zero attached hydrogens (tertiary/aromatic N) is 2. The van der Waals surface area contributed by atoms with Crippen LogP contribution in [-0.2, 0) is 13.0 Å². The molecule has 1 fully saturated rings. The number of anilines is 1. The minimum Gasteiger partial charge on any atom is -0.374 e. The number of nitrogens with one attached hydrogen (secondary N) is 1. The monoisotopic (exact) mass is 287 g/mol. The number of rotatable bonds is 3. The summed E-state index contributed by atoms with van der Waals surface area (Å²) in [6.07, 6.45) is 5.02. The fourth-order valence-corrected chi connectivity index (χ4v) is 3.65. The smallest absolute Gasteiger partial charge is 0.0396 e. The van der Waals surface area contributed by atoms with Crippen LogP contribution < -0.4 is 10.2 Å². The molecule has 1 saturated heterocycles. The number of hydrogen-bond acceptors (Lipinski definition) is 3. The van der Waals surface area contributed by atoms with Crippen LogP contribution in [0, 0.1) is 0 Å². The van der Waals surface area contributed by atoms with Crippen LogP contribution >= 0.6 is 0 Å².